The molecule has 1 aliphatic heterocycles. The summed E-state index contributed by atoms with van der Waals surface area (Å²) in [6, 6.07) is 8.26. The minimum Gasteiger partial charge on any atom is -0.497 e. The summed E-state index contributed by atoms with van der Waals surface area (Å²) in [4.78, 5) is 4.60. The third kappa shape index (κ3) is 2.50. The van der Waals surface area contributed by atoms with E-state index >= 15 is 0 Å². The van der Waals surface area contributed by atoms with Gasteiger partial charge in [0.05, 0.1) is 7.11 Å². The van der Waals surface area contributed by atoms with E-state index in [0.29, 0.717) is 0 Å². The van der Waals surface area contributed by atoms with Gasteiger partial charge < -0.3 is 9.30 Å². The highest BCUT2D eigenvalue weighted by Gasteiger charge is 2.18. The van der Waals surface area contributed by atoms with Crippen LogP contribution in [-0.4, -0.2) is 16.7 Å². The molecular formula is C16H20N2O. The number of benzene rings is 1. The number of aryl methyl sites for hydroxylation is 1. The number of imidazole rings is 1. The first-order valence-electron chi connectivity index (χ1n) is 6.92. The minimum atomic E-state index is 0.760. The van der Waals surface area contributed by atoms with Gasteiger partial charge in [-0.05, 0) is 36.5 Å². The predicted molar refractivity (Wildman–Crippen MR) is 75.5 cm³/mol. The van der Waals surface area contributed by atoms with E-state index in [9.17, 15) is 0 Å². The molecule has 1 aromatic carbocycles. The van der Waals surface area contributed by atoms with Gasteiger partial charge in [-0.25, -0.2) is 4.98 Å². The molecule has 0 N–H and O–H groups in total. The van der Waals surface area contributed by atoms with Crippen LogP contribution in [0, 0.1) is 5.92 Å². The fourth-order valence-corrected chi connectivity index (χ4v) is 2.74. The van der Waals surface area contributed by atoms with Crippen molar-refractivity contribution in [1.82, 2.24) is 9.55 Å². The third-order valence-corrected chi connectivity index (χ3v) is 3.93. The van der Waals surface area contributed by atoms with Gasteiger partial charge >= 0.3 is 0 Å². The first kappa shape index (κ1) is 12.3. The van der Waals surface area contributed by atoms with Crippen molar-refractivity contribution in [2.45, 2.75) is 32.7 Å². The van der Waals surface area contributed by atoms with E-state index in [-0.39, 0.29) is 0 Å². The van der Waals surface area contributed by atoms with E-state index in [1.165, 1.54) is 23.5 Å². The van der Waals surface area contributed by atoms with Gasteiger partial charge in [0.1, 0.15) is 11.6 Å². The molecule has 1 aromatic heterocycles. The Hall–Kier alpha value is -1.77. The third-order valence-electron chi connectivity index (χ3n) is 3.93. The Labute approximate surface area is 114 Å². The van der Waals surface area contributed by atoms with Gasteiger partial charge in [0.25, 0.3) is 0 Å². The van der Waals surface area contributed by atoms with Gasteiger partial charge in [-0.1, -0.05) is 19.1 Å². The topological polar surface area (TPSA) is 27.1 Å². The molecule has 0 saturated heterocycles. The highest BCUT2D eigenvalue weighted by molar-refractivity contribution is 5.29. The molecule has 1 atom stereocenters. The monoisotopic (exact) mass is 256 g/mol. The molecule has 19 heavy (non-hydrogen) atoms. The zero-order valence-corrected chi connectivity index (χ0v) is 11.6. The molecule has 0 amide bonds. The second kappa shape index (κ2) is 5.08. The summed E-state index contributed by atoms with van der Waals surface area (Å²) < 4.78 is 7.59. The summed E-state index contributed by atoms with van der Waals surface area (Å²) in [5, 5.41) is 0. The summed E-state index contributed by atoms with van der Waals surface area (Å²) in [5.74, 6) is 2.85. The number of fused-ring (bicyclic) bond motifs is 1. The molecular weight excluding hydrogens is 236 g/mol. The second-order valence-corrected chi connectivity index (χ2v) is 5.45. The van der Waals surface area contributed by atoms with E-state index in [1.54, 1.807) is 7.11 Å². The number of ether oxygens (including phenoxy) is 1. The van der Waals surface area contributed by atoms with Crippen LogP contribution < -0.4 is 4.74 Å². The first-order valence-corrected chi connectivity index (χ1v) is 6.92. The Morgan fingerprint density at radius 3 is 2.84 bits per heavy atom. The van der Waals surface area contributed by atoms with Crippen LogP contribution in [0.5, 0.6) is 5.75 Å². The molecule has 0 spiro atoms. The lowest BCUT2D eigenvalue weighted by Crippen LogP contribution is -2.19. The smallest absolute Gasteiger partial charge is 0.118 e. The van der Waals surface area contributed by atoms with Crippen molar-refractivity contribution in [3.05, 3.63) is 47.5 Å². The summed E-state index contributed by atoms with van der Waals surface area (Å²) in [6.07, 6.45) is 5.39. The number of hydrogen-bond donors (Lipinski definition) is 0. The largest absolute Gasteiger partial charge is 0.497 e. The Morgan fingerprint density at radius 1 is 1.32 bits per heavy atom. The molecule has 2 heterocycles. The minimum absolute atomic E-state index is 0.760. The average molecular weight is 256 g/mol. The van der Waals surface area contributed by atoms with E-state index in [4.69, 9.17) is 4.74 Å². The van der Waals surface area contributed by atoms with Crippen LogP contribution in [0.15, 0.2) is 30.5 Å². The molecule has 0 aliphatic carbocycles. The highest BCUT2D eigenvalue weighted by atomic mass is 16.5. The van der Waals surface area contributed by atoms with E-state index in [0.717, 1.165) is 31.1 Å². The fraction of sp³-hybridized carbons (Fsp3) is 0.438. The lowest BCUT2D eigenvalue weighted by molar-refractivity contribution is 0.392. The molecule has 3 heteroatoms. The molecule has 0 saturated carbocycles. The van der Waals surface area contributed by atoms with Crippen LogP contribution in [0.25, 0.3) is 0 Å². The number of methoxy groups -OCH3 is 1. The van der Waals surface area contributed by atoms with Crippen molar-refractivity contribution in [3.63, 3.8) is 0 Å². The van der Waals surface area contributed by atoms with Crippen molar-refractivity contribution in [2.75, 3.05) is 7.11 Å². The first-order chi connectivity index (χ1) is 9.26. The number of aromatic nitrogens is 2. The van der Waals surface area contributed by atoms with Crippen LogP contribution in [0.2, 0.25) is 0 Å². The second-order valence-electron chi connectivity index (χ2n) is 5.45. The summed E-state index contributed by atoms with van der Waals surface area (Å²) >= 11 is 0. The molecule has 0 fully saturated rings. The molecule has 0 bridgehead atoms. The average Bonchev–Trinajstić information content (AvgIpc) is 2.82. The quantitative estimate of drug-likeness (QED) is 0.844. The van der Waals surface area contributed by atoms with Gasteiger partial charge in [0.15, 0.2) is 0 Å². The fourth-order valence-electron chi connectivity index (χ4n) is 2.74. The van der Waals surface area contributed by atoms with Crippen LogP contribution in [0.3, 0.4) is 0 Å². The van der Waals surface area contributed by atoms with Crippen LogP contribution in [-0.2, 0) is 19.4 Å². The SMILES string of the molecule is COc1ccc(Cc2ncc3n2CC(C)CC3)cc1. The number of rotatable bonds is 3. The molecule has 0 radical (unpaired) electrons. The Kier molecular flexibility index (Phi) is 3.28. The zero-order valence-electron chi connectivity index (χ0n) is 11.6. The van der Waals surface area contributed by atoms with Gasteiger partial charge in [0.2, 0.25) is 0 Å². The molecule has 1 unspecified atom stereocenters. The normalized spacial score (nSPS) is 18.1. The standard InChI is InChI=1S/C16H20N2O/c1-12-3-6-14-10-17-16(18(14)11-12)9-13-4-7-15(19-2)8-5-13/h4-5,7-8,10,12H,3,6,9,11H2,1-2H3. The highest BCUT2D eigenvalue weighted by Crippen LogP contribution is 2.23. The van der Waals surface area contributed by atoms with Crippen LogP contribution in [0.1, 0.15) is 30.4 Å². The van der Waals surface area contributed by atoms with Crippen LogP contribution >= 0.6 is 0 Å². The zero-order chi connectivity index (χ0) is 13.2. The number of hydrogen-bond acceptors (Lipinski definition) is 2. The molecule has 3 nitrogen and oxygen atoms in total. The summed E-state index contributed by atoms with van der Waals surface area (Å²) in [5.41, 5.74) is 2.68. The van der Waals surface area contributed by atoms with Gasteiger partial charge in [-0.3, -0.25) is 0 Å². The lowest BCUT2D eigenvalue weighted by Gasteiger charge is -2.22. The maximum Gasteiger partial charge on any atom is 0.118 e. The maximum atomic E-state index is 5.19. The Bertz CT molecular complexity index is 557. The Balaban J connectivity index is 1.81. The van der Waals surface area contributed by atoms with Gasteiger partial charge in [-0.15, -0.1) is 0 Å². The van der Waals surface area contributed by atoms with E-state index in [2.05, 4.69) is 28.6 Å². The van der Waals surface area contributed by atoms with Crippen molar-refractivity contribution in [3.8, 4) is 5.75 Å². The molecule has 100 valence electrons. The summed E-state index contributed by atoms with van der Waals surface area (Å²) in [6.45, 7) is 3.43. The van der Waals surface area contributed by atoms with E-state index < -0.39 is 0 Å². The van der Waals surface area contributed by atoms with Gasteiger partial charge in [-0.2, -0.15) is 0 Å². The molecule has 2 aromatic rings. The van der Waals surface area contributed by atoms with Crippen molar-refractivity contribution in [1.29, 1.82) is 0 Å². The van der Waals surface area contributed by atoms with Gasteiger partial charge in [0, 0.05) is 24.9 Å². The molecule has 1 aliphatic rings. The lowest BCUT2D eigenvalue weighted by atomic mass is 10.00. The Morgan fingerprint density at radius 2 is 2.11 bits per heavy atom. The number of nitrogens with zero attached hydrogens (tertiary/aromatic N) is 2. The predicted octanol–water partition coefficient (Wildman–Crippen LogP) is 3.06. The van der Waals surface area contributed by atoms with Crippen LogP contribution in [0.4, 0.5) is 0 Å². The van der Waals surface area contributed by atoms with Crippen molar-refractivity contribution >= 4 is 0 Å². The summed E-state index contributed by atoms with van der Waals surface area (Å²) in [7, 11) is 1.70. The van der Waals surface area contributed by atoms with Crippen molar-refractivity contribution in [2.24, 2.45) is 5.92 Å². The maximum absolute atomic E-state index is 5.19. The van der Waals surface area contributed by atoms with E-state index in [1.807, 2.05) is 18.3 Å². The van der Waals surface area contributed by atoms with Crippen molar-refractivity contribution < 1.29 is 4.74 Å². The molecule has 3 rings (SSSR count).